The van der Waals surface area contributed by atoms with Gasteiger partial charge in [0.25, 0.3) is 5.91 Å². The Balaban J connectivity index is 1.60. The highest BCUT2D eigenvalue weighted by Crippen LogP contribution is 2.72. The van der Waals surface area contributed by atoms with Crippen LogP contribution in [0.5, 0.6) is 0 Å². The van der Waals surface area contributed by atoms with Gasteiger partial charge in [0.1, 0.15) is 5.60 Å². The molecule has 0 saturated heterocycles. The molecule has 40 heavy (non-hydrogen) atoms. The largest absolute Gasteiger partial charge is 0.383 e. The van der Waals surface area contributed by atoms with Crippen molar-refractivity contribution in [2.75, 3.05) is 0 Å². The Bertz CT molecular complexity index is 1290. The summed E-state index contributed by atoms with van der Waals surface area (Å²) in [5.41, 5.74) is -2.86. The number of alkyl halides is 2. The average Bonchev–Trinajstić information content (AvgIpc) is 2.81. The molecule has 5 aliphatic carbocycles. The molecule has 0 aromatic heterocycles. The summed E-state index contributed by atoms with van der Waals surface area (Å²) in [6.45, 7) is 20.2. The van der Waals surface area contributed by atoms with E-state index in [0.29, 0.717) is 39.0 Å². The van der Waals surface area contributed by atoms with Crippen LogP contribution in [-0.2, 0) is 14.4 Å². The number of ketones is 2. The van der Waals surface area contributed by atoms with Crippen LogP contribution in [0, 0.1) is 51.9 Å². The van der Waals surface area contributed by atoms with Gasteiger partial charge in [0.2, 0.25) is 5.70 Å². The molecule has 0 aromatic rings. The Morgan fingerprint density at radius 3 is 2.33 bits per heavy atom. The molecular weight excluding hydrogens is 514 g/mol. The minimum absolute atomic E-state index is 0.00977. The predicted molar refractivity (Wildman–Crippen MR) is 146 cm³/mol. The van der Waals surface area contributed by atoms with Crippen molar-refractivity contribution in [2.45, 2.75) is 105 Å². The van der Waals surface area contributed by atoms with Crippen LogP contribution in [0.15, 0.2) is 23.4 Å². The molecule has 5 rings (SSSR count). The first-order valence-electron chi connectivity index (χ1n) is 14.6. The number of hydrogen-bond acceptors (Lipinski definition) is 4. The summed E-state index contributed by atoms with van der Waals surface area (Å²) in [6, 6.07) is -0.431. The van der Waals surface area contributed by atoms with Crippen LogP contribution in [0.4, 0.5) is 8.78 Å². The van der Waals surface area contributed by atoms with Gasteiger partial charge in [-0.05, 0) is 79.6 Å². The number of fused-ring (bicyclic) bond motifs is 7. The van der Waals surface area contributed by atoms with Crippen LogP contribution in [0.1, 0.15) is 87.0 Å². The van der Waals surface area contributed by atoms with Crippen molar-refractivity contribution in [1.29, 1.82) is 0 Å². The van der Waals surface area contributed by atoms with Gasteiger partial charge in [-0.1, -0.05) is 46.3 Å². The van der Waals surface area contributed by atoms with Crippen LogP contribution in [-0.4, -0.2) is 40.1 Å². The first-order chi connectivity index (χ1) is 18.2. The smallest absolute Gasteiger partial charge is 0.321 e. The maximum atomic E-state index is 14.3. The molecule has 0 radical (unpaired) electrons. The van der Waals surface area contributed by atoms with Crippen molar-refractivity contribution >= 4 is 17.5 Å². The van der Waals surface area contributed by atoms with E-state index in [1.54, 1.807) is 12.2 Å². The monoisotopic (exact) mass is 556 g/mol. The van der Waals surface area contributed by atoms with Crippen molar-refractivity contribution in [3.8, 4) is 0 Å². The van der Waals surface area contributed by atoms with Crippen LogP contribution < -0.4 is 5.32 Å². The Morgan fingerprint density at radius 1 is 1.07 bits per heavy atom. The van der Waals surface area contributed by atoms with Crippen molar-refractivity contribution < 1.29 is 28.3 Å². The van der Waals surface area contributed by atoms with E-state index in [-0.39, 0.29) is 34.6 Å². The van der Waals surface area contributed by atoms with E-state index in [4.69, 9.17) is 6.57 Å². The van der Waals surface area contributed by atoms with Crippen molar-refractivity contribution in [3.05, 3.63) is 34.8 Å². The summed E-state index contributed by atoms with van der Waals surface area (Å²) in [4.78, 5) is 43.1. The first kappa shape index (κ1) is 29.1. The number of aliphatic hydroxyl groups is 1. The zero-order valence-electron chi connectivity index (χ0n) is 24.7. The van der Waals surface area contributed by atoms with Gasteiger partial charge in [-0.3, -0.25) is 9.59 Å². The lowest BCUT2D eigenvalue weighted by atomic mass is 9.36. The van der Waals surface area contributed by atoms with Gasteiger partial charge < -0.3 is 15.2 Å². The van der Waals surface area contributed by atoms with Gasteiger partial charge >= 0.3 is 5.92 Å². The average molecular weight is 557 g/mol. The summed E-state index contributed by atoms with van der Waals surface area (Å²) in [7, 11) is 0. The maximum Gasteiger partial charge on any atom is 0.321 e. The van der Waals surface area contributed by atoms with E-state index >= 15 is 0 Å². The SMILES string of the molecule is [C-]#[N+]C1=C[C@]2(C)C3=CC(=O)[C@@H]4[C@@H]5CC(C)(C)C[C@@H](NC(=O)C(C)(F)F)C5CC[C@@]4(C)[C@]3(C)CC[C@H]2[C@](C)(O)C1=O. The molecule has 5 aliphatic rings. The highest BCUT2D eigenvalue weighted by molar-refractivity contribution is 6.05. The third-order valence-corrected chi connectivity index (χ3v) is 12.1. The quantitative estimate of drug-likeness (QED) is 0.430. The number of rotatable bonds is 2. The third kappa shape index (κ3) is 3.82. The molecule has 1 amide bonds. The molecule has 2 N–H and O–H groups in total. The van der Waals surface area contributed by atoms with Crippen LogP contribution in [0.25, 0.3) is 4.85 Å². The first-order valence-corrected chi connectivity index (χ1v) is 14.6. The summed E-state index contributed by atoms with van der Waals surface area (Å²) in [5.74, 6) is -6.24. The molecule has 6 nitrogen and oxygen atoms in total. The molecule has 8 heteroatoms. The molecule has 3 saturated carbocycles. The van der Waals surface area contributed by atoms with E-state index in [1.807, 2.05) is 6.92 Å². The van der Waals surface area contributed by atoms with E-state index in [0.717, 1.165) is 12.0 Å². The molecule has 0 bridgehead atoms. The second-order valence-corrected chi connectivity index (χ2v) is 15.1. The van der Waals surface area contributed by atoms with Gasteiger partial charge in [0.05, 0.1) is 6.57 Å². The number of carbonyl (C=O) groups excluding carboxylic acids is 3. The minimum atomic E-state index is -3.47. The number of hydrogen-bond donors (Lipinski definition) is 2. The zero-order valence-corrected chi connectivity index (χ0v) is 24.7. The van der Waals surface area contributed by atoms with E-state index < -0.39 is 51.4 Å². The minimum Gasteiger partial charge on any atom is -0.383 e. The molecule has 0 aliphatic heterocycles. The Kier molecular flexibility index (Phi) is 6.23. The van der Waals surface area contributed by atoms with Gasteiger partial charge in [-0.2, -0.15) is 8.78 Å². The molecular formula is C32H42F2N2O4. The lowest BCUT2D eigenvalue weighted by Crippen LogP contribution is -2.66. The standard InChI is InChI=1S/C32H42F2N2O4/c1-27(2)14-18-17(19(15-27)36-26(39)32(7,33)34)9-11-30(5)24(18)21(37)13-23-28(3)16-20(35-8)25(38)31(6,40)22(28)10-12-29(23,30)4/h13,16-19,22,24,40H,9-12,14-15H2,1-7H3,(H,36,39)/t17?,18-,19-,22-,24+,28+,29-,30-,31+/m1/s1. The number of allylic oxidation sites excluding steroid dienone is 3. The lowest BCUT2D eigenvalue weighted by Gasteiger charge is -2.67. The highest BCUT2D eigenvalue weighted by atomic mass is 19.3. The third-order valence-electron chi connectivity index (χ3n) is 12.1. The molecule has 3 fully saturated rings. The molecule has 9 atom stereocenters. The normalized spacial score (nSPS) is 46.0. The lowest BCUT2D eigenvalue weighted by molar-refractivity contribution is -0.165. The van der Waals surface area contributed by atoms with Crippen LogP contribution in [0.2, 0.25) is 0 Å². The zero-order chi connectivity index (χ0) is 29.8. The van der Waals surface area contributed by atoms with Crippen molar-refractivity contribution in [1.82, 2.24) is 5.32 Å². The van der Waals surface area contributed by atoms with Gasteiger partial charge in [-0.15, -0.1) is 0 Å². The number of halogens is 2. The van der Waals surface area contributed by atoms with Gasteiger partial charge in [0.15, 0.2) is 11.6 Å². The number of Topliss-reactive ketones (excluding diaryl/α,β-unsaturated/α-hetero) is 1. The molecule has 218 valence electrons. The van der Waals surface area contributed by atoms with E-state index in [2.05, 4.69) is 37.9 Å². The summed E-state index contributed by atoms with van der Waals surface area (Å²) >= 11 is 0. The number of nitrogens with one attached hydrogen (secondary N) is 1. The van der Waals surface area contributed by atoms with E-state index in [9.17, 15) is 28.3 Å². The molecule has 0 heterocycles. The molecule has 1 unspecified atom stereocenters. The van der Waals surface area contributed by atoms with Crippen molar-refractivity contribution in [2.24, 2.45) is 45.3 Å². The number of carbonyl (C=O) groups is 3. The van der Waals surface area contributed by atoms with Crippen LogP contribution >= 0.6 is 0 Å². The Labute approximate surface area is 235 Å². The second kappa shape index (κ2) is 8.56. The Morgan fingerprint density at radius 2 is 1.73 bits per heavy atom. The Hall–Kier alpha value is -2.40. The predicted octanol–water partition coefficient (Wildman–Crippen LogP) is 5.66. The summed E-state index contributed by atoms with van der Waals surface area (Å²) in [5, 5.41) is 14.0. The summed E-state index contributed by atoms with van der Waals surface area (Å²) in [6.07, 6.45) is 7.45. The molecule has 0 aromatic carbocycles. The summed E-state index contributed by atoms with van der Waals surface area (Å²) < 4.78 is 27.8. The van der Waals surface area contributed by atoms with E-state index in [1.165, 1.54) is 6.92 Å². The second-order valence-electron chi connectivity index (χ2n) is 15.1. The fourth-order valence-electron chi connectivity index (χ4n) is 10.1. The number of amides is 1. The van der Waals surface area contributed by atoms with Gasteiger partial charge in [0, 0.05) is 30.2 Å². The fraction of sp³-hybridized carbons (Fsp3) is 0.750. The van der Waals surface area contributed by atoms with Crippen molar-refractivity contribution in [3.63, 3.8) is 0 Å². The van der Waals surface area contributed by atoms with Crippen LogP contribution in [0.3, 0.4) is 0 Å². The fourth-order valence-corrected chi connectivity index (χ4v) is 10.1. The van der Waals surface area contributed by atoms with Gasteiger partial charge in [-0.25, -0.2) is 4.85 Å². The number of nitrogens with zero attached hydrogens (tertiary/aromatic N) is 1. The topological polar surface area (TPSA) is 87.8 Å². The highest BCUT2D eigenvalue weighted by Gasteiger charge is 2.69. The maximum absolute atomic E-state index is 14.3. The molecule has 0 spiro atoms.